The number of carbonyl (C=O) groups is 1. The summed E-state index contributed by atoms with van der Waals surface area (Å²) in [7, 11) is 0. The number of unbranched alkanes of at least 4 members (excludes halogenated alkanes) is 1. The molecule has 0 unspecified atom stereocenters. The molecule has 0 saturated heterocycles. The van der Waals surface area contributed by atoms with E-state index in [9.17, 15) is 9.59 Å². The van der Waals surface area contributed by atoms with E-state index in [0.717, 1.165) is 29.3 Å². The van der Waals surface area contributed by atoms with Crippen molar-refractivity contribution < 1.29 is 4.79 Å². The van der Waals surface area contributed by atoms with Gasteiger partial charge in [-0.05, 0) is 25.5 Å². The van der Waals surface area contributed by atoms with Gasteiger partial charge in [0.05, 0.1) is 6.33 Å². The summed E-state index contributed by atoms with van der Waals surface area (Å²) in [5.41, 5.74) is 2.85. The van der Waals surface area contributed by atoms with Crippen molar-refractivity contribution in [2.24, 2.45) is 0 Å². The molecule has 0 atom stereocenters. The Balaban J connectivity index is 1.94. The van der Waals surface area contributed by atoms with E-state index in [1.165, 1.54) is 10.9 Å². The van der Waals surface area contributed by atoms with Gasteiger partial charge in [-0.15, -0.1) is 0 Å². The van der Waals surface area contributed by atoms with Crippen molar-refractivity contribution >= 4 is 27.8 Å². The third kappa shape index (κ3) is 2.97. The lowest BCUT2D eigenvalue weighted by atomic mass is 10.2. The largest absolute Gasteiger partial charge is 0.355 e. The molecule has 0 aliphatic rings. The minimum atomic E-state index is -0.227. The highest BCUT2D eigenvalue weighted by Crippen LogP contribution is 2.22. The fraction of sp³-hybridized carbons (Fsp3) is 0.353. The summed E-state index contributed by atoms with van der Waals surface area (Å²) >= 11 is 0. The van der Waals surface area contributed by atoms with E-state index < -0.39 is 0 Å². The average Bonchev–Trinajstić information content (AvgIpc) is 2.89. The van der Waals surface area contributed by atoms with Crippen molar-refractivity contribution in [3.8, 4) is 0 Å². The molecular formula is C17H20N4O2. The van der Waals surface area contributed by atoms with Crippen LogP contribution < -0.4 is 10.9 Å². The Morgan fingerprint density at radius 1 is 1.39 bits per heavy atom. The van der Waals surface area contributed by atoms with E-state index in [1.807, 2.05) is 25.1 Å². The summed E-state index contributed by atoms with van der Waals surface area (Å²) < 4.78 is 1.34. The van der Waals surface area contributed by atoms with Gasteiger partial charge in [0.2, 0.25) is 5.91 Å². The Morgan fingerprint density at radius 3 is 3.00 bits per heavy atom. The zero-order valence-electron chi connectivity index (χ0n) is 13.3. The van der Waals surface area contributed by atoms with E-state index in [-0.39, 0.29) is 18.0 Å². The fourth-order valence-corrected chi connectivity index (χ4v) is 2.63. The van der Waals surface area contributed by atoms with Gasteiger partial charge < -0.3 is 10.3 Å². The van der Waals surface area contributed by atoms with Crippen molar-refractivity contribution in [3.63, 3.8) is 0 Å². The molecule has 2 aromatic heterocycles. The quantitative estimate of drug-likeness (QED) is 0.708. The minimum absolute atomic E-state index is 0.0140. The van der Waals surface area contributed by atoms with Crippen LogP contribution in [-0.2, 0) is 11.3 Å². The molecule has 0 spiro atoms. The van der Waals surface area contributed by atoms with Crippen LogP contribution in [0.25, 0.3) is 21.9 Å². The van der Waals surface area contributed by atoms with Crippen LogP contribution in [0.3, 0.4) is 0 Å². The second kappa shape index (κ2) is 6.24. The number of benzene rings is 1. The van der Waals surface area contributed by atoms with Gasteiger partial charge in [0.15, 0.2) is 0 Å². The van der Waals surface area contributed by atoms with E-state index in [0.29, 0.717) is 17.6 Å². The Labute approximate surface area is 133 Å². The molecule has 0 bridgehead atoms. The van der Waals surface area contributed by atoms with Gasteiger partial charge in [0.1, 0.15) is 17.6 Å². The maximum Gasteiger partial charge on any atom is 0.278 e. The first-order chi connectivity index (χ1) is 11.1. The molecule has 1 aromatic carbocycles. The van der Waals surface area contributed by atoms with Crippen LogP contribution in [0, 0.1) is 6.92 Å². The number of nitrogens with one attached hydrogen (secondary N) is 2. The number of aryl methyl sites for hydroxylation is 1. The van der Waals surface area contributed by atoms with Crippen LogP contribution in [0.15, 0.2) is 29.3 Å². The predicted octanol–water partition coefficient (Wildman–Crippen LogP) is 2.10. The normalized spacial score (nSPS) is 11.2. The van der Waals surface area contributed by atoms with Crippen LogP contribution in [-0.4, -0.2) is 27.0 Å². The molecule has 0 aliphatic carbocycles. The number of aromatic nitrogens is 3. The number of fused-ring (bicyclic) bond motifs is 3. The number of carbonyl (C=O) groups excluding carboxylic acids is 1. The lowest BCUT2D eigenvalue weighted by Gasteiger charge is -2.06. The molecule has 0 fully saturated rings. The van der Waals surface area contributed by atoms with Gasteiger partial charge in [-0.3, -0.25) is 14.2 Å². The maximum atomic E-state index is 12.6. The zero-order valence-corrected chi connectivity index (χ0v) is 13.3. The summed E-state index contributed by atoms with van der Waals surface area (Å²) in [5, 5.41) is 3.73. The summed E-state index contributed by atoms with van der Waals surface area (Å²) in [6.45, 7) is 4.68. The van der Waals surface area contributed by atoms with Crippen LogP contribution >= 0.6 is 0 Å². The van der Waals surface area contributed by atoms with Gasteiger partial charge in [0, 0.05) is 17.4 Å². The number of H-pyrrole nitrogens is 1. The molecule has 0 radical (unpaired) electrons. The Kier molecular flexibility index (Phi) is 4.14. The Bertz CT molecular complexity index is 923. The van der Waals surface area contributed by atoms with Crippen molar-refractivity contribution in [1.29, 1.82) is 0 Å². The number of hydrogen-bond donors (Lipinski definition) is 2. The average molecular weight is 312 g/mol. The number of nitrogens with zero attached hydrogens (tertiary/aromatic N) is 2. The smallest absolute Gasteiger partial charge is 0.278 e. The molecule has 6 heteroatoms. The molecule has 0 saturated carbocycles. The van der Waals surface area contributed by atoms with Gasteiger partial charge in [-0.25, -0.2) is 4.98 Å². The summed E-state index contributed by atoms with van der Waals surface area (Å²) in [5.74, 6) is -0.173. The topological polar surface area (TPSA) is 79.8 Å². The van der Waals surface area contributed by atoms with Crippen LogP contribution in [0.2, 0.25) is 0 Å². The third-order valence-corrected chi connectivity index (χ3v) is 3.89. The number of rotatable bonds is 5. The molecule has 2 heterocycles. The molecular weight excluding hydrogens is 292 g/mol. The van der Waals surface area contributed by atoms with Crippen molar-refractivity contribution in [3.05, 3.63) is 40.4 Å². The molecule has 3 aromatic rings. The first-order valence-electron chi connectivity index (χ1n) is 7.84. The molecule has 120 valence electrons. The summed E-state index contributed by atoms with van der Waals surface area (Å²) in [6, 6.07) is 5.92. The fourth-order valence-electron chi connectivity index (χ4n) is 2.63. The zero-order chi connectivity index (χ0) is 16.4. The second-order valence-corrected chi connectivity index (χ2v) is 5.78. The standard InChI is InChI=1S/C17H20N4O2/c1-3-4-7-18-14(22)9-21-10-19-15-12-8-11(2)5-6-13(12)20-16(15)17(21)23/h5-6,8,10,20H,3-4,7,9H2,1-2H3,(H,18,22). The van der Waals surface area contributed by atoms with Crippen molar-refractivity contribution in [2.75, 3.05) is 6.54 Å². The first-order valence-corrected chi connectivity index (χ1v) is 7.84. The van der Waals surface area contributed by atoms with Crippen molar-refractivity contribution in [2.45, 2.75) is 33.2 Å². The van der Waals surface area contributed by atoms with Crippen LogP contribution in [0.5, 0.6) is 0 Å². The second-order valence-electron chi connectivity index (χ2n) is 5.78. The Morgan fingerprint density at radius 2 is 2.22 bits per heavy atom. The minimum Gasteiger partial charge on any atom is -0.355 e. The summed E-state index contributed by atoms with van der Waals surface area (Å²) in [6.07, 6.45) is 3.39. The molecule has 3 rings (SSSR count). The van der Waals surface area contributed by atoms with Gasteiger partial charge >= 0.3 is 0 Å². The van der Waals surface area contributed by atoms with Gasteiger partial charge in [-0.2, -0.15) is 0 Å². The molecule has 1 amide bonds. The number of aromatic amines is 1. The highest BCUT2D eigenvalue weighted by molar-refractivity contribution is 6.04. The van der Waals surface area contributed by atoms with E-state index in [1.54, 1.807) is 0 Å². The molecule has 0 aliphatic heterocycles. The number of hydrogen-bond acceptors (Lipinski definition) is 3. The maximum absolute atomic E-state index is 12.6. The Hall–Kier alpha value is -2.63. The van der Waals surface area contributed by atoms with Gasteiger partial charge in [-0.1, -0.05) is 25.0 Å². The summed E-state index contributed by atoms with van der Waals surface area (Å²) in [4.78, 5) is 31.9. The lowest BCUT2D eigenvalue weighted by molar-refractivity contribution is -0.121. The van der Waals surface area contributed by atoms with E-state index in [2.05, 4.69) is 22.2 Å². The molecule has 6 nitrogen and oxygen atoms in total. The molecule has 2 N–H and O–H groups in total. The third-order valence-electron chi connectivity index (χ3n) is 3.89. The predicted molar refractivity (Wildman–Crippen MR) is 90.5 cm³/mol. The van der Waals surface area contributed by atoms with E-state index in [4.69, 9.17) is 0 Å². The van der Waals surface area contributed by atoms with Crippen LogP contribution in [0.1, 0.15) is 25.3 Å². The van der Waals surface area contributed by atoms with E-state index >= 15 is 0 Å². The van der Waals surface area contributed by atoms with Crippen molar-refractivity contribution in [1.82, 2.24) is 19.9 Å². The SMILES string of the molecule is CCCCNC(=O)Cn1cnc2c([nH]c3ccc(C)cc32)c1=O. The molecule has 23 heavy (non-hydrogen) atoms. The first kappa shape index (κ1) is 15.3. The van der Waals surface area contributed by atoms with Crippen LogP contribution in [0.4, 0.5) is 0 Å². The van der Waals surface area contributed by atoms with Gasteiger partial charge in [0.25, 0.3) is 5.56 Å². The number of amides is 1. The monoisotopic (exact) mass is 312 g/mol. The highest BCUT2D eigenvalue weighted by Gasteiger charge is 2.12. The lowest BCUT2D eigenvalue weighted by Crippen LogP contribution is -2.33. The highest BCUT2D eigenvalue weighted by atomic mass is 16.2.